The van der Waals surface area contributed by atoms with Crippen LogP contribution in [-0.4, -0.2) is 31.1 Å². The topological polar surface area (TPSA) is 93.3 Å². The van der Waals surface area contributed by atoms with E-state index in [9.17, 15) is 9.59 Å². The third kappa shape index (κ3) is 3.89. The van der Waals surface area contributed by atoms with Crippen LogP contribution in [0, 0.1) is 0 Å². The van der Waals surface area contributed by atoms with E-state index in [2.05, 4.69) is 20.7 Å². The predicted molar refractivity (Wildman–Crippen MR) is 140 cm³/mol. The van der Waals surface area contributed by atoms with Crippen molar-refractivity contribution in [2.75, 3.05) is 5.32 Å². The van der Waals surface area contributed by atoms with Gasteiger partial charge in [0.25, 0.3) is 11.5 Å². The monoisotopic (exact) mass is 498 g/mol. The molecule has 2 N–H and O–H groups in total. The molecule has 8 nitrogen and oxygen atoms in total. The Balaban J connectivity index is 1.45. The summed E-state index contributed by atoms with van der Waals surface area (Å²) in [6.07, 6.45) is 5.49. The van der Waals surface area contributed by atoms with E-state index < -0.39 is 6.04 Å². The smallest absolute Gasteiger partial charge is 0.264 e. The second-order valence-electron chi connectivity index (χ2n) is 8.97. The van der Waals surface area contributed by atoms with Gasteiger partial charge in [-0.25, -0.2) is 9.50 Å². The summed E-state index contributed by atoms with van der Waals surface area (Å²) in [5.41, 5.74) is 1.93. The first-order valence-electron chi connectivity index (χ1n) is 11.8. The van der Waals surface area contributed by atoms with Crippen LogP contribution < -0.4 is 16.2 Å². The molecule has 1 saturated carbocycles. The van der Waals surface area contributed by atoms with Crippen molar-refractivity contribution in [2.45, 2.75) is 31.8 Å². The van der Waals surface area contributed by atoms with Crippen LogP contribution in [-0.2, 0) is 0 Å². The number of carbonyl (C=O) groups excluding carboxylic acids is 1. The highest BCUT2D eigenvalue weighted by Gasteiger charge is 2.29. The van der Waals surface area contributed by atoms with Gasteiger partial charge in [0.2, 0.25) is 0 Å². The van der Waals surface area contributed by atoms with Crippen molar-refractivity contribution in [3.8, 4) is 5.69 Å². The largest absolute Gasteiger partial charge is 0.365 e. The van der Waals surface area contributed by atoms with Crippen LogP contribution in [0.2, 0.25) is 5.02 Å². The lowest BCUT2D eigenvalue weighted by atomic mass is 10.1. The summed E-state index contributed by atoms with van der Waals surface area (Å²) in [6, 6.07) is 18.2. The van der Waals surface area contributed by atoms with Gasteiger partial charge in [0, 0.05) is 29.8 Å². The Kier molecular flexibility index (Phi) is 5.45. The number of carbonyl (C=O) groups is 1. The Labute approximate surface area is 211 Å². The molecule has 3 aromatic heterocycles. The molecular formula is C27H23ClN6O2. The van der Waals surface area contributed by atoms with E-state index in [1.54, 1.807) is 33.6 Å². The molecule has 0 bridgehead atoms. The second-order valence-corrected chi connectivity index (χ2v) is 9.38. The lowest BCUT2D eigenvalue weighted by molar-refractivity contribution is 0.0941. The van der Waals surface area contributed by atoms with E-state index in [1.165, 1.54) is 0 Å². The summed E-state index contributed by atoms with van der Waals surface area (Å²) >= 11 is 6.42. The summed E-state index contributed by atoms with van der Waals surface area (Å²) in [5.74, 6) is 0.184. The van der Waals surface area contributed by atoms with Crippen LogP contribution in [0.4, 0.5) is 5.82 Å². The number of nitrogens with zero attached hydrogens (tertiary/aromatic N) is 4. The maximum Gasteiger partial charge on any atom is 0.264 e. The third-order valence-corrected chi connectivity index (χ3v) is 6.69. The normalized spacial score (nSPS) is 14.2. The fourth-order valence-electron chi connectivity index (χ4n) is 4.46. The first kappa shape index (κ1) is 22.3. The van der Waals surface area contributed by atoms with E-state index >= 15 is 0 Å². The van der Waals surface area contributed by atoms with Crippen LogP contribution >= 0.6 is 11.6 Å². The molecule has 180 valence electrons. The van der Waals surface area contributed by atoms with Crippen LogP contribution in [0.1, 0.15) is 41.9 Å². The molecule has 1 aliphatic rings. The molecular weight excluding hydrogens is 476 g/mol. The second kappa shape index (κ2) is 8.80. The predicted octanol–water partition coefficient (Wildman–Crippen LogP) is 4.75. The van der Waals surface area contributed by atoms with E-state index in [1.807, 2.05) is 55.5 Å². The van der Waals surface area contributed by atoms with Gasteiger partial charge in [-0.1, -0.05) is 41.9 Å². The average Bonchev–Trinajstić information content (AvgIpc) is 3.61. The van der Waals surface area contributed by atoms with Gasteiger partial charge in [-0.2, -0.15) is 0 Å². The zero-order valence-electron chi connectivity index (χ0n) is 19.5. The van der Waals surface area contributed by atoms with E-state index in [-0.39, 0.29) is 11.5 Å². The van der Waals surface area contributed by atoms with Gasteiger partial charge in [0.1, 0.15) is 5.56 Å². The molecule has 5 aromatic rings. The van der Waals surface area contributed by atoms with Gasteiger partial charge >= 0.3 is 0 Å². The van der Waals surface area contributed by atoms with Crippen molar-refractivity contribution in [1.82, 2.24) is 24.5 Å². The number of hydrogen-bond donors (Lipinski definition) is 2. The third-order valence-electron chi connectivity index (χ3n) is 6.37. The minimum absolute atomic E-state index is 0.242. The molecule has 0 radical (unpaired) electrons. The molecule has 1 atom stereocenters. The fraction of sp³-hybridized carbons (Fsp3) is 0.185. The molecule has 0 spiro atoms. The molecule has 3 heterocycles. The molecule has 0 saturated heterocycles. The summed E-state index contributed by atoms with van der Waals surface area (Å²) in [6.45, 7) is 1.86. The van der Waals surface area contributed by atoms with Crippen LogP contribution in [0.5, 0.6) is 0 Å². The standard InChI is InChI=1S/C27H23ClN6O2/c1-16(30-26(35)23-24(31-18-11-12-18)32-33-14-6-13-29-25(23)33)21-15-17-7-5-10-20(28)22(17)27(36)34(21)19-8-3-2-4-9-19/h2-10,13-16,18H,11-12H2,1H3,(H,30,35)(H,31,32). The number of para-hydroxylation sites is 1. The fourth-order valence-corrected chi connectivity index (χ4v) is 4.73. The summed E-state index contributed by atoms with van der Waals surface area (Å²) in [5, 5.41) is 12.5. The maximum absolute atomic E-state index is 13.7. The zero-order valence-corrected chi connectivity index (χ0v) is 20.2. The summed E-state index contributed by atoms with van der Waals surface area (Å²) in [4.78, 5) is 31.7. The molecule has 1 unspecified atom stereocenters. The summed E-state index contributed by atoms with van der Waals surface area (Å²) < 4.78 is 3.21. The van der Waals surface area contributed by atoms with E-state index in [0.717, 1.165) is 12.8 Å². The molecule has 36 heavy (non-hydrogen) atoms. The average molecular weight is 499 g/mol. The highest BCUT2D eigenvalue weighted by Crippen LogP contribution is 2.29. The van der Waals surface area contributed by atoms with Crippen molar-refractivity contribution in [3.05, 3.63) is 99.7 Å². The van der Waals surface area contributed by atoms with Crippen LogP contribution in [0.3, 0.4) is 0 Å². The van der Waals surface area contributed by atoms with Gasteiger partial charge in [-0.05, 0) is 55.5 Å². The number of pyridine rings is 1. The molecule has 0 aliphatic heterocycles. The van der Waals surface area contributed by atoms with Gasteiger partial charge in [-0.3, -0.25) is 14.2 Å². The minimum Gasteiger partial charge on any atom is -0.365 e. The van der Waals surface area contributed by atoms with Gasteiger partial charge in [-0.15, -0.1) is 5.10 Å². The van der Waals surface area contributed by atoms with Crippen molar-refractivity contribution >= 4 is 39.7 Å². The molecule has 1 fully saturated rings. The lowest BCUT2D eigenvalue weighted by Gasteiger charge is -2.21. The van der Waals surface area contributed by atoms with Crippen molar-refractivity contribution < 1.29 is 4.79 Å². The SMILES string of the molecule is CC(NC(=O)c1c(NC2CC2)nn2cccnc12)c1cc2cccc(Cl)c2c(=O)n1-c1ccccc1. The maximum atomic E-state index is 13.7. The number of amides is 1. The number of nitrogens with one attached hydrogen (secondary N) is 2. The number of rotatable bonds is 6. The van der Waals surface area contributed by atoms with Crippen molar-refractivity contribution in [2.24, 2.45) is 0 Å². The Morgan fingerprint density at radius 2 is 1.92 bits per heavy atom. The number of fused-ring (bicyclic) bond motifs is 2. The lowest BCUT2D eigenvalue weighted by Crippen LogP contribution is -2.32. The molecule has 1 amide bonds. The Morgan fingerprint density at radius 1 is 1.11 bits per heavy atom. The Hall–Kier alpha value is -4.17. The Bertz CT molecular complexity index is 1670. The first-order chi connectivity index (χ1) is 17.5. The number of halogens is 1. The molecule has 1 aliphatic carbocycles. The minimum atomic E-state index is -0.513. The number of aromatic nitrogens is 4. The first-order valence-corrected chi connectivity index (χ1v) is 12.2. The molecule has 2 aromatic carbocycles. The van der Waals surface area contributed by atoms with Crippen molar-refractivity contribution in [1.29, 1.82) is 0 Å². The van der Waals surface area contributed by atoms with Gasteiger partial charge in [0.15, 0.2) is 11.5 Å². The summed E-state index contributed by atoms with van der Waals surface area (Å²) in [7, 11) is 0. The number of hydrogen-bond acceptors (Lipinski definition) is 5. The van der Waals surface area contributed by atoms with Gasteiger partial charge < -0.3 is 10.6 Å². The number of benzene rings is 2. The highest BCUT2D eigenvalue weighted by atomic mass is 35.5. The molecule has 6 rings (SSSR count). The van der Waals surface area contributed by atoms with E-state index in [0.29, 0.717) is 50.2 Å². The van der Waals surface area contributed by atoms with Crippen LogP contribution in [0.15, 0.2) is 77.9 Å². The van der Waals surface area contributed by atoms with E-state index in [4.69, 9.17) is 11.6 Å². The highest BCUT2D eigenvalue weighted by molar-refractivity contribution is 6.35. The van der Waals surface area contributed by atoms with Crippen LogP contribution in [0.25, 0.3) is 22.1 Å². The molecule has 9 heteroatoms. The van der Waals surface area contributed by atoms with Gasteiger partial charge in [0.05, 0.1) is 16.5 Å². The number of anilines is 1. The zero-order chi connectivity index (χ0) is 24.8. The Morgan fingerprint density at radius 3 is 2.69 bits per heavy atom. The quantitative estimate of drug-likeness (QED) is 0.352. The van der Waals surface area contributed by atoms with Crippen molar-refractivity contribution in [3.63, 3.8) is 0 Å².